The van der Waals surface area contributed by atoms with Crippen LogP contribution < -0.4 is 5.32 Å². The van der Waals surface area contributed by atoms with Crippen molar-refractivity contribution in [2.75, 3.05) is 0 Å². The van der Waals surface area contributed by atoms with Crippen molar-refractivity contribution in [3.8, 4) is 0 Å². The van der Waals surface area contributed by atoms with Crippen LogP contribution >= 0.6 is 0 Å². The largest absolute Gasteiger partial charge is 0.466 e. The highest BCUT2D eigenvalue weighted by atomic mass is 16.3. The van der Waals surface area contributed by atoms with Gasteiger partial charge >= 0.3 is 0 Å². The summed E-state index contributed by atoms with van der Waals surface area (Å²) in [5.41, 5.74) is 2.45. The Morgan fingerprint density at radius 2 is 2.04 bits per heavy atom. The summed E-state index contributed by atoms with van der Waals surface area (Å²) in [4.78, 5) is 17.3. The number of aryl methyl sites for hydroxylation is 2. The first-order chi connectivity index (χ1) is 12.5. The molecule has 134 valence electrons. The van der Waals surface area contributed by atoms with E-state index in [0.29, 0.717) is 24.2 Å². The van der Waals surface area contributed by atoms with Crippen LogP contribution in [0, 0.1) is 19.8 Å². The number of aromatic nitrogens is 1. The van der Waals surface area contributed by atoms with Crippen LogP contribution in [-0.2, 0) is 0 Å². The molecule has 4 rings (SSSR count). The van der Waals surface area contributed by atoms with Crippen molar-refractivity contribution in [1.29, 1.82) is 0 Å². The van der Waals surface area contributed by atoms with E-state index in [-0.39, 0.29) is 24.0 Å². The summed E-state index contributed by atoms with van der Waals surface area (Å²) in [5, 5.41) is 13.9. The molecule has 0 aliphatic heterocycles. The zero-order valence-corrected chi connectivity index (χ0v) is 14.9. The van der Waals surface area contributed by atoms with Gasteiger partial charge in [0.15, 0.2) is 0 Å². The minimum absolute atomic E-state index is 0.154. The fourth-order valence-corrected chi connectivity index (χ4v) is 3.71. The molecule has 0 spiro atoms. The van der Waals surface area contributed by atoms with Crippen LogP contribution in [0.5, 0.6) is 0 Å². The van der Waals surface area contributed by atoms with Crippen molar-refractivity contribution >= 4 is 16.8 Å². The summed E-state index contributed by atoms with van der Waals surface area (Å²) in [7, 11) is 0. The van der Waals surface area contributed by atoms with Gasteiger partial charge in [0, 0.05) is 11.6 Å². The summed E-state index contributed by atoms with van der Waals surface area (Å²) in [6.07, 6.45) is 2.90. The van der Waals surface area contributed by atoms with E-state index < -0.39 is 0 Å². The second-order valence-electron chi connectivity index (χ2n) is 7.12. The molecule has 1 saturated carbocycles. The van der Waals surface area contributed by atoms with Gasteiger partial charge in [0.05, 0.1) is 23.2 Å². The van der Waals surface area contributed by atoms with E-state index in [4.69, 9.17) is 4.42 Å². The molecule has 0 bridgehead atoms. The minimum Gasteiger partial charge on any atom is -0.466 e. The van der Waals surface area contributed by atoms with Gasteiger partial charge in [-0.1, -0.05) is 18.2 Å². The first-order valence-electron chi connectivity index (χ1n) is 8.92. The Bertz CT molecular complexity index is 957. The predicted molar refractivity (Wildman–Crippen MR) is 98.9 cm³/mol. The standard InChI is InChI=1S/C21H22N2O3/c1-12-7-18(13(2)26-12)21(25)23-20(15-9-17(24)10-15)16-8-14-5-3-4-6-19(14)22-11-16/h3-8,11,15,17,20,24H,9-10H2,1-2H3,(H,23,25)/t15?,17?,20-/m1/s1. The number of aliphatic hydroxyl groups excluding tert-OH is 1. The number of carbonyl (C=O) groups excluding carboxylic acids is 1. The Kier molecular flexibility index (Phi) is 4.24. The lowest BCUT2D eigenvalue weighted by Crippen LogP contribution is -2.41. The molecule has 0 radical (unpaired) electrons. The highest BCUT2D eigenvalue weighted by molar-refractivity contribution is 5.95. The number of hydrogen-bond acceptors (Lipinski definition) is 4. The van der Waals surface area contributed by atoms with Crippen LogP contribution in [0.1, 0.15) is 46.3 Å². The summed E-state index contributed by atoms with van der Waals surface area (Å²) < 4.78 is 5.49. The van der Waals surface area contributed by atoms with E-state index in [0.717, 1.165) is 22.2 Å². The molecule has 0 saturated heterocycles. The summed E-state index contributed by atoms with van der Waals surface area (Å²) >= 11 is 0. The number of fused-ring (bicyclic) bond motifs is 1. The van der Waals surface area contributed by atoms with Crippen molar-refractivity contribution in [3.05, 3.63) is 65.2 Å². The molecule has 1 atom stereocenters. The molecule has 1 aliphatic carbocycles. The lowest BCUT2D eigenvalue weighted by atomic mass is 9.75. The topological polar surface area (TPSA) is 75.4 Å². The smallest absolute Gasteiger partial charge is 0.255 e. The average Bonchev–Trinajstić information content (AvgIpc) is 2.95. The number of benzene rings is 1. The van der Waals surface area contributed by atoms with E-state index in [2.05, 4.69) is 16.4 Å². The number of rotatable bonds is 4. The highest BCUT2D eigenvalue weighted by Gasteiger charge is 2.36. The lowest BCUT2D eigenvalue weighted by molar-refractivity contribution is 0.0235. The number of hydrogen-bond donors (Lipinski definition) is 2. The lowest BCUT2D eigenvalue weighted by Gasteiger charge is -2.38. The number of furan rings is 1. The molecular formula is C21H22N2O3. The van der Waals surface area contributed by atoms with Crippen LogP contribution in [-0.4, -0.2) is 22.1 Å². The van der Waals surface area contributed by atoms with Crippen LogP contribution in [0.15, 0.2) is 47.0 Å². The van der Waals surface area contributed by atoms with Gasteiger partial charge in [-0.2, -0.15) is 0 Å². The first-order valence-corrected chi connectivity index (χ1v) is 8.92. The molecular weight excluding hydrogens is 328 g/mol. The molecule has 3 aromatic rings. The Hall–Kier alpha value is -2.66. The van der Waals surface area contributed by atoms with Gasteiger partial charge in [-0.3, -0.25) is 9.78 Å². The third-order valence-corrected chi connectivity index (χ3v) is 5.16. The van der Waals surface area contributed by atoms with Crippen LogP contribution in [0.2, 0.25) is 0 Å². The number of nitrogens with zero attached hydrogens (tertiary/aromatic N) is 1. The fraction of sp³-hybridized carbons (Fsp3) is 0.333. The zero-order valence-electron chi connectivity index (χ0n) is 14.9. The number of carbonyl (C=O) groups is 1. The molecule has 1 aromatic carbocycles. The molecule has 2 heterocycles. The fourth-order valence-electron chi connectivity index (χ4n) is 3.71. The van der Waals surface area contributed by atoms with Crippen molar-refractivity contribution in [2.24, 2.45) is 5.92 Å². The van der Waals surface area contributed by atoms with E-state index in [9.17, 15) is 9.90 Å². The normalized spacial score (nSPS) is 20.6. The number of amides is 1. The second-order valence-corrected chi connectivity index (χ2v) is 7.12. The maximum Gasteiger partial charge on any atom is 0.255 e. The van der Waals surface area contributed by atoms with Gasteiger partial charge in [-0.05, 0) is 56.4 Å². The second kappa shape index (κ2) is 6.57. The van der Waals surface area contributed by atoms with Gasteiger partial charge in [0.25, 0.3) is 5.91 Å². The van der Waals surface area contributed by atoms with Crippen LogP contribution in [0.25, 0.3) is 10.9 Å². The number of para-hydroxylation sites is 1. The molecule has 26 heavy (non-hydrogen) atoms. The Balaban J connectivity index is 1.65. The average molecular weight is 350 g/mol. The predicted octanol–water partition coefficient (Wildman–Crippen LogP) is 3.69. The van der Waals surface area contributed by atoms with Gasteiger partial charge < -0.3 is 14.8 Å². The zero-order chi connectivity index (χ0) is 18.3. The number of pyridine rings is 1. The van der Waals surface area contributed by atoms with Crippen LogP contribution in [0.3, 0.4) is 0 Å². The molecule has 2 aromatic heterocycles. The molecule has 1 fully saturated rings. The molecule has 5 nitrogen and oxygen atoms in total. The van der Waals surface area contributed by atoms with E-state index in [1.54, 1.807) is 13.0 Å². The Morgan fingerprint density at radius 3 is 2.73 bits per heavy atom. The van der Waals surface area contributed by atoms with Gasteiger partial charge in [0.1, 0.15) is 11.5 Å². The van der Waals surface area contributed by atoms with E-state index in [1.165, 1.54) is 0 Å². The van der Waals surface area contributed by atoms with Gasteiger partial charge in [0.2, 0.25) is 0 Å². The van der Waals surface area contributed by atoms with Crippen molar-refractivity contribution < 1.29 is 14.3 Å². The molecule has 1 amide bonds. The Morgan fingerprint density at radius 1 is 1.27 bits per heavy atom. The summed E-state index contributed by atoms with van der Waals surface area (Å²) in [6.45, 7) is 3.62. The third kappa shape index (κ3) is 3.10. The minimum atomic E-state index is -0.286. The molecule has 1 aliphatic rings. The molecule has 2 N–H and O–H groups in total. The summed E-state index contributed by atoms with van der Waals surface area (Å²) in [6, 6.07) is 11.6. The third-order valence-electron chi connectivity index (χ3n) is 5.16. The number of nitrogens with one attached hydrogen (secondary N) is 1. The Labute approximate surface area is 152 Å². The number of aliphatic hydroxyl groups is 1. The van der Waals surface area contributed by atoms with Gasteiger partial charge in [-0.25, -0.2) is 0 Å². The molecule has 0 unspecified atom stereocenters. The SMILES string of the molecule is Cc1cc(C(=O)N[C@@H](c2cnc3ccccc3c2)C2CC(O)C2)c(C)o1. The van der Waals surface area contributed by atoms with Crippen molar-refractivity contribution in [3.63, 3.8) is 0 Å². The van der Waals surface area contributed by atoms with Crippen molar-refractivity contribution in [1.82, 2.24) is 10.3 Å². The maximum absolute atomic E-state index is 12.8. The highest BCUT2D eigenvalue weighted by Crippen LogP contribution is 2.38. The maximum atomic E-state index is 12.8. The van der Waals surface area contributed by atoms with Crippen LogP contribution in [0.4, 0.5) is 0 Å². The summed E-state index contributed by atoms with van der Waals surface area (Å²) in [5.74, 6) is 1.38. The van der Waals surface area contributed by atoms with E-state index >= 15 is 0 Å². The van der Waals surface area contributed by atoms with Gasteiger partial charge in [-0.15, -0.1) is 0 Å². The quantitative estimate of drug-likeness (QED) is 0.752. The monoisotopic (exact) mass is 350 g/mol. The molecule has 5 heteroatoms. The van der Waals surface area contributed by atoms with Crippen molar-refractivity contribution in [2.45, 2.75) is 38.8 Å². The first kappa shape index (κ1) is 16.8. The van der Waals surface area contributed by atoms with E-state index in [1.807, 2.05) is 37.4 Å².